The number of halogens is 4. The fraction of sp³-hybridized carbons (Fsp3) is 0.355. The maximum absolute atomic E-state index is 14.7. The first-order valence-corrected chi connectivity index (χ1v) is 14.6. The normalized spacial score (nSPS) is 20.6. The van der Waals surface area contributed by atoms with E-state index < -0.39 is 29.8 Å². The second kappa shape index (κ2) is 12.1. The molecule has 3 atom stereocenters. The van der Waals surface area contributed by atoms with Gasteiger partial charge in [-0.05, 0) is 43.3 Å². The van der Waals surface area contributed by atoms with Gasteiger partial charge in [-0.1, -0.05) is 18.2 Å². The van der Waals surface area contributed by atoms with E-state index in [1.165, 1.54) is 11.2 Å². The Morgan fingerprint density at radius 3 is 2.76 bits per heavy atom. The van der Waals surface area contributed by atoms with Crippen LogP contribution in [0.1, 0.15) is 12.8 Å². The number of nitrogens with two attached hydrogens (primary N) is 1. The Hall–Kier alpha value is -4.54. The molecule has 234 valence electrons. The van der Waals surface area contributed by atoms with Crippen LogP contribution in [-0.4, -0.2) is 83.8 Å². The van der Waals surface area contributed by atoms with Gasteiger partial charge >= 0.3 is 6.01 Å². The largest absolute Gasteiger partial charge is 0.463 e. The van der Waals surface area contributed by atoms with Crippen molar-refractivity contribution in [3.63, 3.8) is 0 Å². The summed E-state index contributed by atoms with van der Waals surface area (Å²) in [5.74, 6) is -2.27. The number of likely N-dealkylation sites (tertiary alicyclic amines) is 1. The molecule has 2 aliphatic heterocycles. The monoisotopic (exact) mass is 639 g/mol. The Labute approximate surface area is 261 Å². The summed E-state index contributed by atoms with van der Waals surface area (Å²) in [6, 6.07) is 7.33. The minimum atomic E-state index is -1.11. The van der Waals surface area contributed by atoms with Gasteiger partial charge in [0.1, 0.15) is 30.0 Å². The molecule has 0 bridgehead atoms. The van der Waals surface area contributed by atoms with Crippen LogP contribution in [-0.2, 0) is 4.79 Å². The predicted octanol–water partition coefficient (Wildman–Crippen LogP) is 5.25. The number of likely N-dealkylation sites (N-methyl/N-ethyl adjacent to an activating group) is 1. The zero-order valence-electron chi connectivity index (χ0n) is 24.3. The second-order valence-corrected chi connectivity index (χ2v) is 11.7. The molecule has 14 heteroatoms. The van der Waals surface area contributed by atoms with E-state index in [4.69, 9.17) is 31.5 Å². The average Bonchev–Trinajstić information content (AvgIpc) is 3.62. The molecule has 0 saturated carbocycles. The molecule has 0 spiro atoms. The lowest BCUT2D eigenvalue weighted by molar-refractivity contribution is -0.131. The number of piperazine rings is 1. The third-order valence-electron chi connectivity index (χ3n) is 8.35. The number of carbonyl (C=O) groups is 1. The average molecular weight is 640 g/mol. The number of fused-ring (bicyclic) bond motifs is 3. The van der Waals surface area contributed by atoms with E-state index in [9.17, 15) is 23.2 Å². The van der Waals surface area contributed by atoms with Gasteiger partial charge in [-0.25, -0.2) is 13.2 Å². The van der Waals surface area contributed by atoms with Gasteiger partial charge in [-0.15, -0.1) is 0 Å². The number of furan rings is 1. The van der Waals surface area contributed by atoms with Crippen molar-refractivity contribution < 1.29 is 27.1 Å². The summed E-state index contributed by atoms with van der Waals surface area (Å²) in [6.45, 7) is 4.02. The van der Waals surface area contributed by atoms with Crippen molar-refractivity contribution in [3.05, 3.63) is 53.8 Å². The van der Waals surface area contributed by atoms with E-state index in [0.717, 1.165) is 6.07 Å². The van der Waals surface area contributed by atoms with Gasteiger partial charge in [0.05, 0.1) is 40.7 Å². The summed E-state index contributed by atoms with van der Waals surface area (Å²) < 4.78 is 54.6. The number of hydrogen-bond donors (Lipinski definition) is 1. The molecule has 2 aromatic carbocycles. The van der Waals surface area contributed by atoms with Crippen LogP contribution in [0.5, 0.6) is 6.01 Å². The predicted molar refractivity (Wildman–Crippen MR) is 164 cm³/mol. The highest BCUT2D eigenvalue weighted by molar-refractivity contribution is 6.34. The highest BCUT2D eigenvalue weighted by Crippen LogP contribution is 2.43. The van der Waals surface area contributed by atoms with Crippen molar-refractivity contribution in [1.29, 1.82) is 5.26 Å². The number of rotatable bonds is 7. The zero-order valence-corrected chi connectivity index (χ0v) is 25.0. The van der Waals surface area contributed by atoms with Crippen LogP contribution in [0.4, 0.5) is 24.7 Å². The number of benzene rings is 2. The summed E-state index contributed by atoms with van der Waals surface area (Å²) in [4.78, 5) is 27.0. The molecule has 2 N–H and O–H groups in total. The van der Waals surface area contributed by atoms with Crippen molar-refractivity contribution >= 4 is 50.9 Å². The van der Waals surface area contributed by atoms with E-state index >= 15 is 0 Å². The molecule has 4 aromatic rings. The van der Waals surface area contributed by atoms with E-state index in [1.54, 1.807) is 18.2 Å². The Balaban J connectivity index is 1.49. The molecular weight excluding hydrogens is 611 g/mol. The number of ether oxygens (including phenoxy) is 1. The van der Waals surface area contributed by atoms with Crippen LogP contribution in [0.3, 0.4) is 0 Å². The summed E-state index contributed by atoms with van der Waals surface area (Å²) in [5, 5.41) is 10.5. The number of aromatic nitrogens is 2. The van der Waals surface area contributed by atoms with Crippen molar-refractivity contribution in [2.24, 2.45) is 0 Å². The minimum Gasteiger partial charge on any atom is -0.463 e. The fourth-order valence-corrected chi connectivity index (χ4v) is 6.36. The Morgan fingerprint density at radius 2 is 2.04 bits per heavy atom. The summed E-state index contributed by atoms with van der Waals surface area (Å²) in [7, 11) is 1.82. The summed E-state index contributed by atoms with van der Waals surface area (Å²) in [5.41, 5.74) is 7.74. The van der Waals surface area contributed by atoms with Crippen LogP contribution in [0.15, 0.2) is 47.4 Å². The standard InChI is InChI=1S/C31H29ClF3N7O3/c1-16(33)30(43)42-7-6-41(14-19(42)3-5-36)29-26-25(38-31(39-29)45-15-20-9-17(34)13-40(20)2)12-22(21-4-8-44-28(21)26)23-10-18(37)11-24(35)27(23)32/h4,8,10-12,17,19-20H,1,3,6-7,9,13-15,37H2,2H3/t17-,19+,20+/m1/s1. The van der Waals surface area contributed by atoms with Crippen LogP contribution in [0, 0.1) is 17.1 Å². The molecular formula is C31H29ClF3N7O3. The van der Waals surface area contributed by atoms with Crippen LogP contribution in [0.2, 0.25) is 5.02 Å². The van der Waals surface area contributed by atoms with Gasteiger partial charge in [-0.3, -0.25) is 9.69 Å². The number of nitrogens with zero attached hydrogens (tertiary/aromatic N) is 6. The van der Waals surface area contributed by atoms with Crippen molar-refractivity contribution in [2.75, 3.05) is 50.5 Å². The van der Waals surface area contributed by atoms with Gasteiger partial charge < -0.3 is 24.7 Å². The van der Waals surface area contributed by atoms with Crippen LogP contribution >= 0.6 is 11.6 Å². The number of hydrogen-bond acceptors (Lipinski definition) is 9. The highest BCUT2D eigenvalue weighted by Gasteiger charge is 2.35. The van der Waals surface area contributed by atoms with Crippen molar-refractivity contribution in [3.8, 4) is 23.2 Å². The first kappa shape index (κ1) is 30.5. The zero-order chi connectivity index (χ0) is 32.0. The molecule has 6 rings (SSSR count). The van der Waals surface area contributed by atoms with E-state index in [1.807, 2.05) is 16.8 Å². The lowest BCUT2D eigenvalue weighted by atomic mass is 9.98. The van der Waals surface area contributed by atoms with Crippen molar-refractivity contribution in [2.45, 2.75) is 31.1 Å². The first-order valence-electron chi connectivity index (χ1n) is 14.3. The molecule has 2 fully saturated rings. The Kier molecular flexibility index (Phi) is 8.20. The minimum absolute atomic E-state index is 0.00222. The van der Waals surface area contributed by atoms with Gasteiger partial charge in [0.25, 0.3) is 5.91 Å². The fourth-order valence-electron chi connectivity index (χ4n) is 6.15. The quantitative estimate of drug-likeness (QED) is 0.213. The molecule has 0 aliphatic carbocycles. The molecule has 45 heavy (non-hydrogen) atoms. The maximum atomic E-state index is 14.7. The number of carbonyl (C=O) groups excluding carboxylic acids is 1. The van der Waals surface area contributed by atoms with Gasteiger partial charge in [0.15, 0.2) is 5.83 Å². The Bertz CT molecular complexity index is 1860. The van der Waals surface area contributed by atoms with Gasteiger partial charge in [0, 0.05) is 48.9 Å². The number of alkyl halides is 1. The molecule has 2 aliphatic rings. The SMILES string of the molecule is C=C(F)C(=O)N1CCN(c2nc(OC[C@@H]3C[C@@H](F)CN3C)nc3cc(-c4cc(N)cc(F)c4Cl)c4ccoc4c23)C[C@@H]1CC#N. The third-order valence-corrected chi connectivity index (χ3v) is 8.73. The van der Waals surface area contributed by atoms with E-state index in [-0.39, 0.29) is 55.4 Å². The van der Waals surface area contributed by atoms with Gasteiger partial charge in [0.2, 0.25) is 0 Å². The molecule has 4 heterocycles. The lowest BCUT2D eigenvalue weighted by Crippen LogP contribution is -2.55. The smallest absolute Gasteiger partial charge is 0.319 e. The number of anilines is 2. The van der Waals surface area contributed by atoms with E-state index in [2.05, 4.69) is 17.6 Å². The van der Waals surface area contributed by atoms with Crippen molar-refractivity contribution in [1.82, 2.24) is 19.8 Å². The van der Waals surface area contributed by atoms with E-state index in [0.29, 0.717) is 51.8 Å². The molecule has 10 nitrogen and oxygen atoms in total. The number of nitriles is 1. The van der Waals surface area contributed by atoms with Crippen LogP contribution in [0.25, 0.3) is 33.0 Å². The Morgan fingerprint density at radius 1 is 1.24 bits per heavy atom. The summed E-state index contributed by atoms with van der Waals surface area (Å²) >= 11 is 6.40. The molecule has 2 saturated heterocycles. The number of nitrogen functional groups attached to an aromatic ring is 1. The highest BCUT2D eigenvalue weighted by atomic mass is 35.5. The number of amides is 1. The van der Waals surface area contributed by atoms with Gasteiger partial charge in [-0.2, -0.15) is 15.2 Å². The topological polar surface area (TPSA) is 125 Å². The maximum Gasteiger partial charge on any atom is 0.319 e. The molecule has 2 aromatic heterocycles. The molecule has 0 unspecified atom stereocenters. The lowest BCUT2D eigenvalue weighted by Gasteiger charge is -2.41. The molecule has 0 radical (unpaired) electrons. The third kappa shape index (κ3) is 5.71. The molecule has 1 amide bonds. The second-order valence-electron chi connectivity index (χ2n) is 11.3. The first-order chi connectivity index (χ1) is 21.5. The van der Waals surface area contributed by atoms with Crippen LogP contribution < -0.4 is 15.4 Å². The summed E-state index contributed by atoms with van der Waals surface area (Å²) in [6.07, 6.45) is 0.759.